The van der Waals surface area contributed by atoms with Gasteiger partial charge in [0.1, 0.15) is 5.54 Å². The number of ketones is 2. The second-order valence-corrected chi connectivity index (χ2v) is 3.86. The Kier molecular flexibility index (Phi) is 2.69. The smallest absolute Gasteiger partial charge is 0.161 e. The quantitative estimate of drug-likeness (QED) is 0.670. The summed E-state index contributed by atoms with van der Waals surface area (Å²) in [7, 11) is 0. The van der Waals surface area contributed by atoms with Gasteiger partial charge in [-0.1, -0.05) is 5.57 Å². The van der Waals surface area contributed by atoms with Gasteiger partial charge in [0.05, 0.1) is 0 Å². The van der Waals surface area contributed by atoms with Crippen molar-refractivity contribution in [3.8, 4) is 0 Å². The van der Waals surface area contributed by atoms with Crippen molar-refractivity contribution >= 4 is 17.8 Å². The second kappa shape index (κ2) is 3.48. The van der Waals surface area contributed by atoms with E-state index in [1.165, 1.54) is 13.8 Å². The van der Waals surface area contributed by atoms with E-state index in [1.54, 1.807) is 13.1 Å². The Morgan fingerprint density at radius 3 is 2.36 bits per heavy atom. The molecule has 0 fully saturated rings. The van der Waals surface area contributed by atoms with Crippen molar-refractivity contribution in [2.75, 3.05) is 0 Å². The molecule has 0 aromatic carbocycles. The maximum Gasteiger partial charge on any atom is 0.161 e. The number of Topliss-reactive ketones (excluding diaryl/α,β-unsaturated/α-hetero) is 2. The summed E-state index contributed by atoms with van der Waals surface area (Å²) >= 11 is 0. The van der Waals surface area contributed by atoms with Gasteiger partial charge < -0.3 is 0 Å². The van der Waals surface area contributed by atoms with Crippen LogP contribution >= 0.6 is 0 Å². The molecule has 0 amide bonds. The minimum atomic E-state index is -0.950. The van der Waals surface area contributed by atoms with Gasteiger partial charge >= 0.3 is 0 Å². The lowest BCUT2D eigenvalue weighted by Crippen LogP contribution is -2.39. The van der Waals surface area contributed by atoms with Crippen molar-refractivity contribution in [3.63, 3.8) is 0 Å². The van der Waals surface area contributed by atoms with E-state index in [9.17, 15) is 9.59 Å². The highest BCUT2D eigenvalue weighted by Gasteiger charge is 2.38. The Morgan fingerprint density at radius 2 is 2.00 bits per heavy atom. The van der Waals surface area contributed by atoms with Crippen LogP contribution in [0.2, 0.25) is 0 Å². The van der Waals surface area contributed by atoms with E-state index in [2.05, 4.69) is 4.99 Å². The van der Waals surface area contributed by atoms with Crippen LogP contribution in [0.4, 0.5) is 0 Å². The van der Waals surface area contributed by atoms with Crippen molar-refractivity contribution in [1.29, 1.82) is 0 Å². The number of allylic oxidation sites excluding steroid dienone is 1. The minimum absolute atomic E-state index is 0.0583. The second-order valence-electron chi connectivity index (χ2n) is 3.86. The van der Waals surface area contributed by atoms with Crippen molar-refractivity contribution in [1.82, 2.24) is 0 Å². The van der Waals surface area contributed by atoms with Crippen LogP contribution in [-0.4, -0.2) is 23.3 Å². The Morgan fingerprint density at radius 1 is 1.43 bits per heavy atom. The third kappa shape index (κ3) is 1.54. The van der Waals surface area contributed by atoms with Gasteiger partial charge in [-0.2, -0.15) is 0 Å². The van der Waals surface area contributed by atoms with Crippen LogP contribution in [0.5, 0.6) is 0 Å². The molecule has 0 aromatic heterocycles. The summed E-state index contributed by atoms with van der Waals surface area (Å²) in [5, 5.41) is 0. The molecule has 0 spiro atoms. The molecule has 0 saturated carbocycles. The Bertz CT molecular complexity index is 352. The molecule has 0 aliphatic carbocycles. The number of hydrogen-bond donors (Lipinski definition) is 0. The average molecular weight is 193 g/mol. The zero-order valence-corrected chi connectivity index (χ0v) is 9.05. The van der Waals surface area contributed by atoms with E-state index in [-0.39, 0.29) is 11.6 Å². The molecule has 0 aromatic rings. The molecule has 14 heavy (non-hydrogen) atoms. The number of carbonyl (C=O) groups excluding carboxylic acids is 2. The highest BCUT2D eigenvalue weighted by Crippen LogP contribution is 2.30. The van der Waals surface area contributed by atoms with E-state index in [0.29, 0.717) is 12.0 Å². The number of aliphatic imine (C=N–C) groups is 1. The number of dihydropyridines is 1. The van der Waals surface area contributed by atoms with Gasteiger partial charge in [-0.15, -0.1) is 0 Å². The molecule has 0 bridgehead atoms. The maximum absolute atomic E-state index is 11.5. The van der Waals surface area contributed by atoms with E-state index in [1.807, 2.05) is 6.92 Å². The molecule has 1 aliphatic rings. The highest BCUT2D eigenvalue weighted by molar-refractivity contribution is 6.07. The summed E-state index contributed by atoms with van der Waals surface area (Å²) in [6.45, 7) is 6.54. The molecular weight excluding hydrogens is 178 g/mol. The lowest BCUT2D eigenvalue weighted by atomic mass is 9.81. The van der Waals surface area contributed by atoms with Crippen LogP contribution in [0.15, 0.2) is 16.1 Å². The van der Waals surface area contributed by atoms with Gasteiger partial charge in [0, 0.05) is 18.2 Å². The fraction of sp³-hybridized carbons (Fsp3) is 0.545. The van der Waals surface area contributed by atoms with Crippen LogP contribution in [0.3, 0.4) is 0 Å². The van der Waals surface area contributed by atoms with Crippen molar-refractivity contribution in [2.45, 2.75) is 39.7 Å². The summed E-state index contributed by atoms with van der Waals surface area (Å²) in [5.41, 5.74) is 0.562. The molecule has 0 N–H and O–H groups in total. The average Bonchev–Trinajstić information content (AvgIpc) is 2.02. The van der Waals surface area contributed by atoms with Crippen molar-refractivity contribution < 1.29 is 9.59 Å². The summed E-state index contributed by atoms with van der Waals surface area (Å²) in [6.07, 6.45) is 2.38. The Labute approximate surface area is 83.9 Å². The minimum Gasteiger partial charge on any atom is -0.297 e. The van der Waals surface area contributed by atoms with Crippen LogP contribution in [-0.2, 0) is 9.59 Å². The van der Waals surface area contributed by atoms with Gasteiger partial charge in [-0.3, -0.25) is 14.6 Å². The highest BCUT2D eigenvalue weighted by atomic mass is 16.1. The largest absolute Gasteiger partial charge is 0.297 e. The summed E-state index contributed by atoms with van der Waals surface area (Å²) in [4.78, 5) is 27.1. The molecule has 3 heteroatoms. The molecule has 1 atom stereocenters. The fourth-order valence-corrected chi connectivity index (χ4v) is 1.86. The Hall–Kier alpha value is -1.25. The number of hydrogen-bond acceptors (Lipinski definition) is 3. The standard InChI is InChI=1S/C11H15NO2/c1-7-5-6-12-11(4,9(3)14)10(7)8(2)13/h6H,5H2,1-4H3. The predicted octanol–water partition coefficient (Wildman–Crippen LogP) is 1.71. The molecular formula is C11H15NO2. The summed E-state index contributed by atoms with van der Waals surface area (Å²) < 4.78 is 0. The summed E-state index contributed by atoms with van der Waals surface area (Å²) in [6, 6.07) is 0. The first-order valence-corrected chi connectivity index (χ1v) is 4.65. The van der Waals surface area contributed by atoms with Crippen molar-refractivity contribution in [2.24, 2.45) is 4.99 Å². The molecule has 0 saturated heterocycles. The van der Waals surface area contributed by atoms with Crippen LogP contribution in [0.25, 0.3) is 0 Å². The third-order valence-corrected chi connectivity index (χ3v) is 2.70. The number of rotatable bonds is 2. The van der Waals surface area contributed by atoms with Crippen LogP contribution in [0.1, 0.15) is 34.1 Å². The molecule has 1 heterocycles. The lowest BCUT2D eigenvalue weighted by Gasteiger charge is -2.28. The topological polar surface area (TPSA) is 46.5 Å². The first-order chi connectivity index (χ1) is 6.39. The van der Waals surface area contributed by atoms with Gasteiger partial charge in [-0.25, -0.2) is 0 Å². The van der Waals surface area contributed by atoms with Crippen LogP contribution in [0, 0.1) is 0 Å². The van der Waals surface area contributed by atoms with E-state index < -0.39 is 5.54 Å². The molecule has 1 aliphatic heterocycles. The number of nitrogens with zero attached hydrogens (tertiary/aromatic N) is 1. The lowest BCUT2D eigenvalue weighted by molar-refractivity contribution is -0.123. The zero-order chi connectivity index (χ0) is 10.9. The maximum atomic E-state index is 11.5. The Balaban J connectivity index is 3.30. The fourth-order valence-electron chi connectivity index (χ4n) is 1.86. The first kappa shape index (κ1) is 10.8. The van der Waals surface area contributed by atoms with Gasteiger partial charge in [-0.05, 0) is 27.7 Å². The molecule has 1 rings (SSSR count). The summed E-state index contributed by atoms with van der Waals surface area (Å²) in [5.74, 6) is -0.143. The van der Waals surface area contributed by atoms with Gasteiger partial charge in [0.15, 0.2) is 11.6 Å². The SMILES string of the molecule is CC(=O)C1=C(C)CC=NC1(C)C(C)=O. The van der Waals surface area contributed by atoms with E-state index in [4.69, 9.17) is 0 Å². The molecule has 1 unspecified atom stereocenters. The van der Waals surface area contributed by atoms with Gasteiger partial charge in [0.2, 0.25) is 0 Å². The zero-order valence-electron chi connectivity index (χ0n) is 9.05. The number of carbonyl (C=O) groups is 2. The van der Waals surface area contributed by atoms with Gasteiger partial charge in [0.25, 0.3) is 0 Å². The first-order valence-electron chi connectivity index (χ1n) is 4.65. The third-order valence-electron chi connectivity index (χ3n) is 2.70. The van der Waals surface area contributed by atoms with E-state index >= 15 is 0 Å². The molecule has 76 valence electrons. The van der Waals surface area contributed by atoms with E-state index in [0.717, 1.165) is 5.57 Å². The van der Waals surface area contributed by atoms with Crippen LogP contribution < -0.4 is 0 Å². The predicted molar refractivity (Wildman–Crippen MR) is 55.6 cm³/mol. The normalized spacial score (nSPS) is 26.6. The molecule has 3 nitrogen and oxygen atoms in total. The monoisotopic (exact) mass is 193 g/mol. The van der Waals surface area contributed by atoms with Crippen molar-refractivity contribution in [3.05, 3.63) is 11.1 Å². The molecule has 0 radical (unpaired) electrons.